The minimum absolute atomic E-state index is 0.139. The van der Waals surface area contributed by atoms with E-state index in [1.54, 1.807) is 30.1 Å². The second kappa shape index (κ2) is 7.38. The Hall–Kier alpha value is -2.68. The largest absolute Gasteiger partial charge is 0.337 e. The zero-order chi connectivity index (χ0) is 19.8. The van der Waals surface area contributed by atoms with Crippen LogP contribution in [0.2, 0.25) is 0 Å². The van der Waals surface area contributed by atoms with Gasteiger partial charge in [-0.15, -0.1) is 0 Å². The van der Waals surface area contributed by atoms with Crippen LogP contribution in [0.5, 0.6) is 0 Å². The summed E-state index contributed by atoms with van der Waals surface area (Å²) in [5, 5.41) is 4.18. The lowest BCUT2D eigenvalue weighted by Crippen LogP contribution is -2.48. The number of rotatable bonds is 3. The van der Waals surface area contributed by atoms with Crippen molar-refractivity contribution in [2.75, 3.05) is 18.8 Å². The molecule has 0 saturated carbocycles. The Kier molecular flexibility index (Phi) is 4.92. The predicted octanol–water partition coefficient (Wildman–Crippen LogP) is 2.53. The molecule has 146 valence electrons. The van der Waals surface area contributed by atoms with Crippen molar-refractivity contribution in [2.45, 2.75) is 18.9 Å². The van der Waals surface area contributed by atoms with Crippen molar-refractivity contribution >= 4 is 28.8 Å². The summed E-state index contributed by atoms with van der Waals surface area (Å²) < 4.78 is 14.6. The Morgan fingerprint density at radius 1 is 1.18 bits per heavy atom. The molecular formula is C19H19FN4O3S. The first-order valence-electron chi connectivity index (χ1n) is 9.02. The van der Waals surface area contributed by atoms with E-state index in [0.717, 1.165) is 17.3 Å². The monoisotopic (exact) mass is 402 g/mol. The van der Waals surface area contributed by atoms with Crippen LogP contribution in [0.25, 0.3) is 11.3 Å². The van der Waals surface area contributed by atoms with Crippen molar-refractivity contribution in [3.8, 4) is 11.3 Å². The van der Waals surface area contributed by atoms with Gasteiger partial charge in [0.05, 0.1) is 11.4 Å². The molecule has 0 bridgehead atoms. The summed E-state index contributed by atoms with van der Waals surface area (Å²) in [6.07, 6.45) is 1.15. The van der Waals surface area contributed by atoms with Crippen LogP contribution in [0.1, 0.15) is 23.3 Å². The highest BCUT2D eigenvalue weighted by atomic mass is 32.2. The quantitative estimate of drug-likeness (QED) is 0.789. The van der Waals surface area contributed by atoms with Crippen LogP contribution >= 0.6 is 11.8 Å². The van der Waals surface area contributed by atoms with Crippen LogP contribution in [0.15, 0.2) is 30.3 Å². The van der Waals surface area contributed by atoms with E-state index in [2.05, 4.69) is 5.10 Å². The van der Waals surface area contributed by atoms with Gasteiger partial charge in [0.15, 0.2) is 0 Å². The molecule has 2 aliphatic heterocycles. The lowest BCUT2D eigenvalue weighted by atomic mass is 10.0. The van der Waals surface area contributed by atoms with E-state index in [1.165, 1.54) is 21.7 Å². The number of imide groups is 1. The molecule has 2 aliphatic rings. The second-order valence-corrected chi connectivity index (χ2v) is 7.81. The molecule has 1 aromatic carbocycles. The van der Waals surface area contributed by atoms with Gasteiger partial charge in [-0.2, -0.15) is 5.10 Å². The standard InChI is InChI=1S/C19H19FN4O3S/c1-22-16(10-15(21-22)12-2-4-13(20)5-3-12)18(26)23-8-6-14(7-9-23)24-17(25)11-28-19(24)27/h2-5,10,14H,6-9,11H2,1H3. The number of nitrogens with zero attached hydrogens (tertiary/aromatic N) is 4. The predicted molar refractivity (Wildman–Crippen MR) is 102 cm³/mol. The van der Waals surface area contributed by atoms with Crippen molar-refractivity contribution in [1.29, 1.82) is 0 Å². The Labute approximate surface area is 165 Å². The first-order valence-corrected chi connectivity index (χ1v) is 10.0. The summed E-state index contributed by atoms with van der Waals surface area (Å²) in [5.41, 5.74) is 1.78. The van der Waals surface area contributed by atoms with Crippen molar-refractivity contribution in [3.63, 3.8) is 0 Å². The summed E-state index contributed by atoms with van der Waals surface area (Å²) in [5.74, 6) is -0.406. The summed E-state index contributed by atoms with van der Waals surface area (Å²) in [6, 6.07) is 7.52. The van der Waals surface area contributed by atoms with Gasteiger partial charge in [-0.3, -0.25) is 24.0 Å². The lowest BCUT2D eigenvalue weighted by molar-refractivity contribution is -0.126. The average molecular weight is 402 g/mol. The number of aryl methyl sites for hydroxylation is 1. The highest BCUT2D eigenvalue weighted by molar-refractivity contribution is 8.14. The van der Waals surface area contributed by atoms with Gasteiger partial charge in [-0.05, 0) is 43.2 Å². The SMILES string of the molecule is Cn1nc(-c2ccc(F)cc2)cc1C(=O)N1CCC(N2C(=O)CSC2=O)CC1. The lowest BCUT2D eigenvalue weighted by Gasteiger charge is -2.35. The molecule has 4 rings (SSSR count). The first-order chi connectivity index (χ1) is 13.4. The molecule has 0 spiro atoms. The van der Waals surface area contributed by atoms with E-state index >= 15 is 0 Å². The van der Waals surface area contributed by atoms with Crippen LogP contribution in [-0.4, -0.2) is 61.5 Å². The minimum Gasteiger partial charge on any atom is -0.337 e. The summed E-state index contributed by atoms with van der Waals surface area (Å²) in [6.45, 7) is 0.949. The van der Waals surface area contributed by atoms with E-state index in [1.807, 2.05) is 0 Å². The van der Waals surface area contributed by atoms with Crippen molar-refractivity contribution in [1.82, 2.24) is 19.6 Å². The van der Waals surface area contributed by atoms with E-state index in [-0.39, 0.29) is 34.7 Å². The fraction of sp³-hybridized carbons (Fsp3) is 0.368. The number of amides is 3. The van der Waals surface area contributed by atoms with E-state index in [4.69, 9.17) is 0 Å². The average Bonchev–Trinajstić information content (AvgIpc) is 3.24. The van der Waals surface area contributed by atoms with Crippen LogP contribution in [-0.2, 0) is 11.8 Å². The first kappa shape index (κ1) is 18.7. The van der Waals surface area contributed by atoms with Gasteiger partial charge in [0.25, 0.3) is 11.1 Å². The van der Waals surface area contributed by atoms with E-state index in [0.29, 0.717) is 37.3 Å². The zero-order valence-electron chi connectivity index (χ0n) is 15.3. The van der Waals surface area contributed by atoms with E-state index < -0.39 is 0 Å². The smallest absolute Gasteiger partial charge is 0.289 e. The van der Waals surface area contributed by atoms with Gasteiger partial charge < -0.3 is 4.90 Å². The fourth-order valence-corrected chi connectivity index (χ4v) is 4.41. The van der Waals surface area contributed by atoms with Gasteiger partial charge in [0.2, 0.25) is 5.91 Å². The second-order valence-electron chi connectivity index (χ2n) is 6.89. The molecule has 0 aliphatic carbocycles. The number of benzene rings is 1. The molecule has 0 N–H and O–H groups in total. The number of likely N-dealkylation sites (tertiary alicyclic amines) is 1. The normalized spacial score (nSPS) is 18.2. The van der Waals surface area contributed by atoms with Crippen LogP contribution in [0.3, 0.4) is 0 Å². The maximum absolute atomic E-state index is 13.1. The van der Waals surface area contributed by atoms with Crippen molar-refractivity contribution in [3.05, 3.63) is 41.8 Å². The highest BCUT2D eigenvalue weighted by Gasteiger charge is 2.38. The van der Waals surface area contributed by atoms with Crippen LogP contribution < -0.4 is 0 Å². The number of aromatic nitrogens is 2. The Bertz CT molecular complexity index is 919. The summed E-state index contributed by atoms with van der Waals surface area (Å²) >= 11 is 1.04. The van der Waals surface area contributed by atoms with Gasteiger partial charge in [0, 0.05) is 31.7 Å². The summed E-state index contributed by atoms with van der Waals surface area (Å²) in [7, 11) is 1.70. The molecule has 3 heterocycles. The van der Waals surface area contributed by atoms with E-state index in [9.17, 15) is 18.8 Å². The molecule has 3 amide bonds. The third-order valence-corrected chi connectivity index (χ3v) is 5.98. The molecule has 0 atom stereocenters. The number of thioether (sulfide) groups is 1. The number of carbonyl (C=O) groups is 3. The molecule has 0 unspecified atom stereocenters. The fourth-order valence-electron chi connectivity index (χ4n) is 3.64. The molecule has 28 heavy (non-hydrogen) atoms. The zero-order valence-corrected chi connectivity index (χ0v) is 16.1. The van der Waals surface area contributed by atoms with Crippen molar-refractivity contribution < 1.29 is 18.8 Å². The molecular weight excluding hydrogens is 383 g/mol. The molecule has 0 radical (unpaired) electrons. The molecule has 7 nitrogen and oxygen atoms in total. The molecule has 9 heteroatoms. The topological polar surface area (TPSA) is 75.5 Å². The Morgan fingerprint density at radius 3 is 2.46 bits per heavy atom. The molecule has 1 aromatic heterocycles. The van der Waals surface area contributed by atoms with Crippen LogP contribution in [0.4, 0.5) is 9.18 Å². The number of piperidine rings is 1. The van der Waals surface area contributed by atoms with Crippen LogP contribution in [0, 0.1) is 5.82 Å². The molecule has 2 aromatic rings. The minimum atomic E-state index is -0.327. The van der Waals surface area contributed by atoms with Gasteiger partial charge in [0.1, 0.15) is 11.5 Å². The maximum Gasteiger partial charge on any atom is 0.289 e. The van der Waals surface area contributed by atoms with Gasteiger partial charge in [-0.25, -0.2) is 4.39 Å². The molecule has 2 saturated heterocycles. The number of hydrogen-bond acceptors (Lipinski definition) is 5. The maximum atomic E-state index is 13.1. The van der Waals surface area contributed by atoms with Gasteiger partial charge >= 0.3 is 0 Å². The highest BCUT2D eigenvalue weighted by Crippen LogP contribution is 2.27. The number of hydrogen-bond donors (Lipinski definition) is 0. The third kappa shape index (κ3) is 3.42. The summed E-state index contributed by atoms with van der Waals surface area (Å²) in [4.78, 5) is 39.8. The van der Waals surface area contributed by atoms with Crippen molar-refractivity contribution in [2.24, 2.45) is 7.05 Å². The number of halogens is 1. The Morgan fingerprint density at radius 2 is 1.86 bits per heavy atom. The van der Waals surface area contributed by atoms with Gasteiger partial charge in [-0.1, -0.05) is 11.8 Å². The number of carbonyl (C=O) groups excluding carboxylic acids is 3. The Balaban J connectivity index is 1.45. The molecule has 2 fully saturated rings. The third-order valence-electron chi connectivity index (χ3n) is 5.14.